The van der Waals surface area contributed by atoms with Crippen molar-refractivity contribution in [3.8, 4) is 17.3 Å². The fourth-order valence-electron chi connectivity index (χ4n) is 2.76. The molecule has 2 heterocycles. The van der Waals surface area contributed by atoms with Gasteiger partial charge in [-0.1, -0.05) is 6.07 Å². The van der Waals surface area contributed by atoms with Gasteiger partial charge in [-0.25, -0.2) is 9.67 Å². The molecule has 7 heteroatoms. The Morgan fingerprint density at radius 2 is 1.93 bits per heavy atom. The van der Waals surface area contributed by atoms with Gasteiger partial charge in [0, 0.05) is 18.6 Å². The quantitative estimate of drug-likeness (QED) is 0.646. The van der Waals surface area contributed by atoms with Gasteiger partial charge in [0.05, 0.1) is 24.8 Å². The molecule has 0 aliphatic heterocycles. The van der Waals surface area contributed by atoms with Crippen LogP contribution in [0.15, 0.2) is 55.0 Å². The number of aromatic nitrogens is 3. The van der Waals surface area contributed by atoms with Crippen LogP contribution in [0.4, 0.5) is 0 Å². The van der Waals surface area contributed by atoms with Crippen LogP contribution in [-0.2, 0) is 0 Å². The van der Waals surface area contributed by atoms with Crippen LogP contribution < -0.4 is 14.8 Å². The summed E-state index contributed by atoms with van der Waals surface area (Å²) in [6.07, 6.45) is 5.02. The Balaban J connectivity index is 1.70. The number of pyridine rings is 1. The highest BCUT2D eigenvalue weighted by Crippen LogP contribution is 2.30. The summed E-state index contributed by atoms with van der Waals surface area (Å²) in [5, 5.41) is 7.11. The maximum absolute atomic E-state index is 12.6. The van der Waals surface area contributed by atoms with Gasteiger partial charge in [0.2, 0.25) is 0 Å². The van der Waals surface area contributed by atoms with Gasteiger partial charge in [-0.05, 0) is 56.7 Å². The maximum atomic E-state index is 12.6. The summed E-state index contributed by atoms with van der Waals surface area (Å²) in [5.41, 5.74) is 1.42. The van der Waals surface area contributed by atoms with Crippen molar-refractivity contribution in [3.05, 3.63) is 66.1 Å². The zero-order chi connectivity index (χ0) is 19.9. The van der Waals surface area contributed by atoms with Gasteiger partial charge >= 0.3 is 0 Å². The van der Waals surface area contributed by atoms with Crippen LogP contribution in [0.25, 0.3) is 5.82 Å². The minimum absolute atomic E-state index is 0.196. The highest BCUT2D eigenvalue weighted by Gasteiger charge is 2.15. The average molecular weight is 380 g/mol. The van der Waals surface area contributed by atoms with Crippen LogP contribution >= 0.6 is 0 Å². The largest absolute Gasteiger partial charge is 0.490 e. The van der Waals surface area contributed by atoms with E-state index in [1.807, 2.05) is 45.0 Å². The number of hydrogen-bond donors (Lipinski definition) is 1. The lowest BCUT2D eigenvalue weighted by molar-refractivity contribution is 0.0939. The molecule has 0 aliphatic rings. The first kappa shape index (κ1) is 19.4. The molecule has 1 N–H and O–H groups in total. The Morgan fingerprint density at radius 3 is 2.57 bits per heavy atom. The van der Waals surface area contributed by atoms with Crippen LogP contribution in [0.2, 0.25) is 0 Å². The van der Waals surface area contributed by atoms with Crippen LogP contribution in [-0.4, -0.2) is 33.9 Å². The zero-order valence-electron chi connectivity index (χ0n) is 16.3. The van der Waals surface area contributed by atoms with Gasteiger partial charge in [-0.15, -0.1) is 0 Å². The highest BCUT2D eigenvalue weighted by molar-refractivity contribution is 5.94. The van der Waals surface area contributed by atoms with Crippen molar-refractivity contribution in [2.24, 2.45) is 0 Å². The van der Waals surface area contributed by atoms with E-state index in [1.165, 1.54) is 0 Å². The summed E-state index contributed by atoms with van der Waals surface area (Å²) in [5.74, 6) is 1.83. The van der Waals surface area contributed by atoms with E-state index in [9.17, 15) is 4.79 Å². The number of nitrogens with zero attached hydrogens (tertiary/aromatic N) is 3. The number of carbonyl (C=O) groups is 1. The van der Waals surface area contributed by atoms with Crippen LogP contribution in [0.1, 0.15) is 42.7 Å². The monoisotopic (exact) mass is 380 g/mol. The lowest BCUT2D eigenvalue weighted by Crippen LogP contribution is -2.26. The first-order chi connectivity index (χ1) is 13.6. The van der Waals surface area contributed by atoms with E-state index in [1.54, 1.807) is 35.4 Å². The lowest BCUT2D eigenvalue weighted by atomic mass is 10.1. The standard InChI is InChI=1S/C21H24N4O3/c1-4-27-18-9-7-16(13-19(18)28-5-2)15(3)24-21(26)17-8-10-20(22-14-17)25-12-6-11-23-25/h6-15H,4-5H2,1-3H3,(H,24,26). The molecule has 0 fully saturated rings. The number of nitrogens with one attached hydrogen (secondary N) is 1. The maximum Gasteiger partial charge on any atom is 0.253 e. The molecule has 3 aromatic rings. The molecular weight excluding hydrogens is 356 g/mol. The Morgan fingerprint density at radius 1 is 1.14 bits per heavy atom. The van der Waals surface area contributed by atoms with Crippen molar-refractivity contribution >= 4 is 5.91 Å². The third-order valence-corrected chi connectivity index (χ3v) is 4.16. The molecule has 0 radical (unpaired) electrons. The lowest BCUT2D eigenvalue weighted by Gasteiger charge is -2.17. The van der Waals surface area contributed by atoms with E-state index in [0.29, 0.717) is 36.1 Å². The molecule has 2 aromatic heterocycles. The minimum atomic E-state index is -0.201. The van der Waals surface area contributed by atoms with Crippen molar-refractivity contribution in [3.63, 3.8) is 0 Å². The SMILES string of the molecule is CCOc1ccc(C(C)NC(=O)c2ccc(-n3cccn3)nc2)cc1OCC. The van der Waals surface area contributed by atoms with Gasteiger partial charge in [-0.3, -0.25) is 4.79 Å². The molecule has 28 heavy (non-hydrogen) atoms. The Bertz CT molecular complexity index is 908. The second-order valence-corrected chi connectivity index (χ2v) is 6.12. The van der Waals surface area contributed by atoms with Crippen LogP contribution in [0, 0.1) is 0 Å². The molecule has 7 nitrogen and oxygen atoms in total. The predicted molar refractivity (Wildman–Crippen MR) is 106 cm³/mol. The molecule has 0 aliphatic carbocycles. The number of rotatable bonds is 8. The number of hydrogen-bond acceptors (Lipinski definition) is 5. The summed E-state index contributed by atoms with van der Waals surface area (Å²) >= 11 is 0. The van der Waals surface area contributed by atoms with Gasteiger partial charge < -0.3 is 14.8 Å². The van der Waals surface area contributed by atoms with Crippen molar-refractivity contribution < 1.29 is 14.3 Å². The van der Waals surface area contributed by atoms with Crippen molar-refractivity contribution in [1.82, 2.24) is 20.1 Å². The normalized spacial score (nSPS) is 11.7. The van der Waals surface area contributed by atoms with Crippen LogP contribution in [0.5, 0.6) is 11.5 Å². The second kappa shape index (κ2) is 9.03. The fraction of sp³-hybridized carbons (Fsp3) is 0.286. The van der Waals surface area contributed by atoms with Crippen molar-refractivity contribution in [1.29, 1.82) is 0 Å². The summed E-state index contributed by atoms with van der Waals surface area (Å²) in [6.45, 7) is 6.88. The van der Waals surface area contributed by atoms with Crippen molar-refractivity contribution in [2.75, 3.05) is 13.2 Å². The third-order valence-electron chi connectivity index (χ3n) is 4.16. The van der Waals surface area contributed by atoms with Gasteiger partial charge in [0.15, 0.2) is 17.3 Å². The minimum Gasteiger partial charge on any atom is -0.490 e. The molecule has 146 valence electrons. The van der Waals surface area contributed by atoms with Gasteiger partial charge in [0.25, 0.3) is 5.91 Å². The second-order valence-electron chi connectivity index (χ2n) is 6.12. The van der Waals surface area contributed by atoms with E-state index in [-0.39, 0.29) is 11.9 Å². The number of ether oxygens (including phenoxy) is 2. The summed E-state index contributed by atoms with van der Waals surface area (Å²) < 4.78 is 12.9. The summed E-state index contributed by atoms with van der Waals surface area (Å²) in [7, 11) is 0. The topological polar surface area (TPSA) is 78.3 Å². The predicted octanol–water partition coefficient (Wildman–Crippen LogP) is 3.56. The molecule has 1 aromatic carbocycles. The molecule has 3 rings (SSSR count). The number of benzene rings is 1. The number of amides is 1. The molecule has 1 unspecified atom stereocenters. The molecule has 0 saturated heterocycles. The first-order valence-corrected chi connectivity index (χ1v) is 9.28. The van der Waals surface area contributed by atoms with E-state index >= 15 is 0 Å². The number of carbonyl (C=O) groups excluding carboxylic acids is 1. The Kier molecular flexibility index (Phi) is 6.26. The van der Waals surface area contributed by atoms with Gasteiger partial charge in [-0.2, -0.15) is 5.10 Å². The first-order valence-electron chi connectivity index (χ1n) is 9.28. The smallest absolute Gasteiger partial charge is 0.253 e. The van der Waals surface area contributed by atoms with E-state index < -0.39 is 0 Å². The molecule has 1 atom stereocenters. The molecule has 1 amide bonds. The Hall–Kier alpha value is -3.35. The third kappa shape index (κ3) is 4.49. The zero-order valence-corrected chi connectivity index (χ0v) is 16.3. The van der Waals surface area contributed by atoms with Crippen molar-refractivity contribution in [2.45, 2.75) is 26.8 Å². The van der Waals surface area contributed by atoms with E-state index in [4.69, 9.17) is 9.47 Å². The van der Waals surface area contributed by atoms with E-state index in [2.05, 4.69) is 15.4 Å². The fourth-order valence-corrected chi connectivity index (χ4v) is 2.76. The molecule has 0 bridgehead atoms. The molecule has 0 spiro atoms. The van der Waals surface area contributed by atoms with Crippen LogP contribution in [0.3, 0.4) is 0 Å². The van der Waals surface area contributed by atoms with Gasteiger partial charge in [0.1, 0.15) is 0 Å². The average Bonchev–Trinajstić information content (AvgIpc) is 3.24. The molecular formula is C21H24N4O3. The Labute approximate surface area is 164 Å². The molecule has 0 saturated carbocycles. The highest BCUT2D eigenvalue weighted by atomic mass is 16.5. The summed E-state index contributed by atoms with van der Waals surface area (Å²) in [4.78, 5) is 16.9. The summed E-state index contributed by atoms with van der Waals surface area (Å²) in [6, 6.07) is 10.8. The van der Waals surface area contributed by atoms with E-state index in [0.717, 1.165) is 5.56 Å².